The van der Waals surface area contributed by atoms with E-state index in [9.17, 15) is 13.2 Å². The average Bonchev–Trinajstić information content (AvgIpc) is 3.26. The van der Waals surface area contributed by atoms with Crippen LogP contribution in [0.2, 0.25) is 5.02 Å². The van der Waals surface area contributed by atoms with E-state index >= 15 is 0 Å². The van der Waals surface area contributed by atoms with Crippen LogP contribution in [-0.4, -0.2) is 65.4 Å². The van der Waals surface area contributed by atoms with Gasteiger partial charge >= 0.3 is 0 Å². The monoisotopic (exact) mass is 517 g/mol. The van der Waals surface area contributed by atoms with Crippen LogP contribution in [0.1, 0.15) is 12.8 Å². The van der Waals surface area contributed by atoms with Crippen molar-refractivity contribution in [2.75, 3.05) is 32.0 Å². The number of ether oxygens (including phenoxy) is 1. The second-order valence-electron chi connectivity index (χ2n) is 8.32. The largest absolute Gasteiger partial charge is 0.484 e. The molecule has 0 saturated carbocycles. The Morgan fingerprint density at radius 3 is 2.56 bits per heavy atom. The van der Waals surface area contributed by atoms with E-state index in [-0.39, 0.29) is 17.4 Å². The summed E-state index contributed by atoms with van der Waals surface area (Å²) in [5, 5.41) is 1.40. The summed E-state index contributed by atoms with van der Waals surface area (Å²) in [5.74, 6) is 1.32. The minimum absolute atomic E-state index is 0.0619. The fourth-order valence-electron chi connectivity index (χ4n) is 4.63. The van der Waals surface area contributed by atoms with Gasteiger partial charge in [0.1, 0.15) is 10.6 Å². The molecule has 2 aliphatic heterocycles. The lowest BCUT2D eigenvalue weighted by Crippen LogP contribution is -2.54. The molecule has 0 radical (unpaired) electrons. The summed E-state index contributed by atoms with van der Waals surface area (Å²) in [4.78, 5) is 19.0. The van der Waals surface area contributed by atoms with Crippen molar-refractivity contribution in [1.29, 1.82) is 0 Å². The van der Waals surface area contributed by atoms with Crippen molar-refractivity contribution >= 4 is 50.2 Å². The maximum absolute atomic E-state index is 13.5. The van der Waals surface area contributed by atoms with Crippen LogP contribution in [0.4, 0.5) is 0 Å². The quantitative estimate of drug-likeness (QED) is 0.508. The number of hydrogen-bond acceptors (Lipinski definition) is 6. The second-order valence-corrected chi connectivity index (χ2v) is 12.1. The lowest BCUT2D eigenvalue weighted by molar-refractivity contribution is -0.136. The third-order valence-electron chi connectivity index (χ3n) is 6.37. The number of piperidine rings is 1. The number of nitrogens with zero attached hydrogens (tertiary/aromatic N) is 3. The van der Waals surface area contributed by atoms with Crippen LogP contribution in [0, 0.1) is 0 Å². The number of thioether (sulfide) groups is 1. The van der Waals surface area contributed by atoms with Crippen molar-refractivity contribution in [3.63, 3.8) is 0 Å². The van der Waals surface area contributed by atoms with Gasteiger partial charge in [0.25, 0.3) is 5.91 Å². The molecule has 1 spiro atoms. The van der Waals surface area contributed by atoms with Crippen molar-refractivity contribution in [1.82, 2.24) is 14.2 Å². The third kappa shape index (κ3) is 4.37. The molecule has 0 aliphatic carbocycles. The van der Waals surface area contributed by atoms with Gasteiger partial charge in [0.05, 0.1) is 10.4 Å². The molecule has 0 N–H and O–H groups in total. The van der Waals surface area contributed by atoms with Gasteiger partial charge in [-0.2, -0.15) is 4.31 Å². The van der Waals surface area contributed by atoms with Gasteiger partial charge < -0.3 is 9.64 Å². The number of fused-ring (bicyclic) bond motifs is 1. The highest BCUT2D eigenvalue weighted by molar-refractivity contribution is 8.00. The van der Waals surface area contributed by atoms with E-state index in [4.69, 9.17) is 16.3 Å². The topological polar surface area (TPSA) is 79.8 Å². The van der Waals surface area contributed by atoms with Gasteiger partial charge in [-0.25, -0.2) is 8.42 Å². The fourth-order valence-corrected chi connectivity index (χ4v) is 7.83. The number of carbonyl (C=O) groups is 1. The molecule has 0 unspecified atom stereocenters. The van der Waals surface area contributed by atoms with Crippen LogP contribution in [0.5, 0.6) is 5.75 Å². The van der Waals surface area contributed by atoms with Gasteiger partial charge in [-0.05, 0) is 49.2 Å². The molecule has 0 atom stereocenters. The molecule has 178 valence electrons. The molecule has 1 aromatic heterocycles. The number of pyridine rings is 1. The molecule has 5 rings (SSSR count). The van der Waals surface area contributed by atoms with E-state index in [2.05, 4.69) is 4.98 Å². The Morgan fingerprint density at radius 2 is 1.79 bits per heavy atom. The first-order valence-electron chi connectivity index (χ1n) is 11.1. The van der Waals surface area contributed by atoms with Crippen LogP contribution in [0.25, 0.3) is 10.9 Å². The highest BCUT2D eigenvalue weighted by Gasteiger charge is 2.48. The minimum Gasteiger partial charge on any atom is -0.484 e. The van der Waals surface area contributed by atoms with Crippen molar-refractivity contribution in [3.8, 4) is 5.75 Å². The molecule has 34 heavy (non-hydrogen) atoms. The molecular formula is C24H24ClN3O4S2. The number of hydrogen-bond donors (Lipinski definition) is 0. The van der Waals surface area contributed by atoms with Crippen molar-refractivity contribution in [2.24, 2.45) is 0 Å². The second kappa shape index (κ2) is 9.37. The molecule has 2 saturated heterocycles. The van der Waals surface area contributed by atoms with Crippen molar-refractivity contribution < 1.29 is 17.9 Å². The minimum atomic E-state index is -3.70. The summed E-state index contributed by atoms with van der Waals surface area (Å²) in [6.45, 7) is 1.27. The van der Waals surface area contributed by atoms with Gasteiger partial charge in [0.15, 0.2) is 6.61 Å². The predicted octanol–water partition coefficient (Wildman–Crippen LogP) is 4.02. The van der Waals surface area contributed by atoms with Gasteiger partial charge in [-0.15, -0.1) is 11.8 Å². The smallest absolute Gasteiger partial charge is 0.261 e. The fraction of sp³-hybridized carbons (Fsp3) is 0.333. The first kappa shape index (κ1) is 23.4. The first-order valence-corrected chi connectivity index (χ1v) is 13.9. The van der Waals surface area contributed by atoms with E-state index in [0.717, 1.165) is 11.1 Å². The van der Waals surface area contributed by atoms with Crippen LogP contribution in [0.15, 0.2) is 65.7 Å². The summed E-state index contributed by atoms with van der Waals surface area (Å²) in [7, 11) is -3.70. The highest BCUT2D eigenvalue weighted by Crippen LogP contribution is 2.45. The highest BCUT2D eigenvalue weighted by atomic mass is 35.5. The summed E-state index contributed by atoms with van der Waals surface area (Å²) in [6, 6.07) is 15.8. The standard InChI is InChI=1S/C24H24ClN3O4S2/c25-19-6-8-20(9-7-19)32-17-22(29)28-15-16-33-24(28)10-13-27(14-11-24)34(30,31)21-5-1-3-18-4-2-12-26-23(18)21/h1-9,12H,10-11,13-17H2. The zero-order chi connectivity index (χ0) is 23.8. The zero-order valence-corrected chi connectivity index (χ0v) is 20.8. The first-order chi connectivity index (χ1) is 16.4. The van der Waals surface area contributed by atoms with E-state index < -0.39 is 14.9 Å². The number of rotatable bonds is 5. The summed E-state index contributed by atoms with van der Waals surface area (Å²) >= 11 is 7.64. The Balaban J connectivity index is 1.28. The number of aromatic nitrogens is 1. The van der Waals surface area contributed by atoms with E-state index in [0.29, 0.717) is 48.8 Å². The molecular weight excluding hydrogens is 494 g/mol. The van der Waals surface area contributed by atoms with Gasteiger partial charge in [-0.1, -0.05) is 29.8 Å². The molecule has 7 nitrogen and oxygen atoms in total. The molecule has 3 aromatic rings. The van der Waals surface area contributed by atoms with Crippen LogP contribution in [0.3, 0.4) is 0 Å². The lowest BCUT2D eigenvalue weighted by atomic mass is 10.0. The summed E-state index contributed by atoms with van der Waals surface area (Å²) in [5.41, 5.74) is 0.483. The lowest BCUT2D eigenvalue weighted by Gasteiger charge is -2.43. The summed E-state index contributed by atoms with van der Waals surface area (Å²) in [6.07, 6.45) is 2.75. The Morgan fingerprint density at radius 1 is 1.06 bits per heavy atom. The third-order valence-corrected chi connectivity index (χ3v) is 10.1. The molecule has 2 aliphatic rings. The van der Waals surface area contributed by atoms with E-state index in [1.807, 2.05) is 17.0 Å². The molecule has 10 heteroatoms. The SMILES string of the molecule is O=C(COc1ccc(Cl)cc1)N1CCSC12CCN(S(=O)(=O)c1cccc3cccnc13)CC2. The van der Waals surface area contributed by atoms with E-state index in [1.165, 1.54) is 4.31 Å². The number of para-hydroxylation sites is 1. The predicted molar refractivity (Wildman–Crippen MR) is 134 cm³/mol. The Labute approximate surface area is 208 Å². The Kier molecular flexibility index (Phi) is 6.45. The van der Waals surface area contributed by atoms with Crippen molar-refractivity contribution in [3.05, 3.63) is 65.8 Å². The number of sulfonamides is 1. The van der Waals surface area contributed by atoms with Gasteiger partial charge in [-0.3, -0.25) is 9.78 Å². The van der Waals surface area contributed by atoms with E-state index in [1.54, 1.807) is 60.4 Å². The molecule has 3 heterocycles. The number of halogens is 1. The van der Waals surface area contributed by atoms with Crippen LogP contribution < -0.4 is 4.74 Å². The molecule has 0 bridgehead atoms. The maximum atomic E-state index is 13.5. The van der Waals surface area contributed by atoms with Crippen molar-refractivity contribution in [2.45, 2.75) is 22.6 Å². The van der Waals surface area contributed by atoms with Gasteiger partial charge in [0, 0.05) is 42.0 Å². The number of carbonyl (C=O) groups excluding carboxylic acids is 1. The molecule has 2 fully saturated rings. The molecule has 2 aromatic carbocycles. The number of benzene rings is 2. The normalized spacial score (nSPS) is 18.4. The summed E-state index contributed by atoms with van der Waals surface area (Å²) < 4.78 is 34.1. The zero-order valence-electron chi connectivity index (χ0n) is 18.4. The number of amides is 1. The van der Waals surface area contributed by atoms with Crippen LogP contribution >= 0.6 is 23.4 Å². The molecule has 1 amide bonds. The Hall–Kier alpha value is -2.33. The average molecular weight is 518 g/mol. The Bertz CT molecular complexity index is 1300. The van der Waals surface area contributed by atoms with Gasteiger partial charge in [0.2, 0.25) is 10.0 Å². The van der Waals surface area contributed by atoms with Crippen LogP contribution in [-0.2, 0) is 14.8 Å². The maximum Gasteiger partial charge on any atom is 0.261 e.